The van der Waals surface area contributed by atoms with Gasteiger partial charge in [0.2, 0.25) is 0 Å². The Bertz CT molecular complexity index is 150. The molecule has 1 saturated carbocycles. The van der Waals surface area contributed by atoms with Gasteiger partial charge in [-0.05, 0) is 42.9 Å². The summed E-state index contributed by atoms with van der Waals surface area (Å²) in [5.41, 5.74) is 0. The Morgan fingerprint density at radius 2 is 1.79 bits per heavy atom. The van der Waals surface area contributed by atoms with E-state index in [4.69, 9.17) is 0 Å². The monoisotopic (exact) mass is 196 g/mol. The molecule has 1 aliphatic rings. The highest BCUT2D eigenvalue weighted by molar-refractivity contribution is 4.82. The predicted molar refractivity (Wildman–Crippen MR) is 64.4 cm³/mol. The SMILES string of the molecule is CCCC1CC(C)CC1CC(C)CC. The quantitative estimate of drug-likeness (QED) is 0.587. The molecule has 4 unspecified atom stereocenters. The number of hydrogen-bond acceptors (Lipinski definition) is 0. The molecule has 1 aliphatic carbocycles. The zero-order valence-corrected chi connectivity index (χ0v) is 10.6. The Hall–Kier alpha value is 0. The first kappa shape index (κ1) is 12.1. The van der Waals surface area contributed by atoms with Crippen LogP contribution in [0.2, 0.25) is 0 Å². The lowest BCUT2D eigenvalue weighted by Gasteiger charge is -2.21. The third-order valence-corrected chi connectivity index (χ3v) is 4.14. The lowest BCUT2D eigenvalue weighted by atomic mass is 9.84. The van der Waals surface area contributed by atoms with E-state index in [9.17, 15) is 0 Å². The largest absolute Gasteiger partial charge is 0.0654 e. The molecule has 0 nitrogen and oxygen atoms in total. The van der Waals surface area contributed by atoms with Crippen molar-refractivity contribution in [3.8, 4) is 0 Å². The summed E-state index contributed by atoms with van der Waals surface area (Å²) in [5.74, 6) is 4.06. The number of rotatable bonds is 5. The zero-order chi connectivity index (χ0) is 10.6. The van der Waals surface area contributed by atoms with E-state index in [0.717, 1.165) is 23.7 Å². The van der Waals surface area contributed by atoms with Crippen LogP contribution in [0.3, 0.4) is 0 Å². The smallest absolute Gasteiger partial charge is 0.0381 e. The van der Waals surface area contributed by atoms with E-state index in [-0.39, 0.29) is 0 Å². The zero-order valence-electron chi connectivity index (χ0n) is 10.6. The fourth-order valence-corrected chi connectivity index (χ4v) is 3.21. The topological polar surface area (TPSA) is 0 Å². The van der Waals surface area contributed by atoms with Gasteiger partial charge in [0, 0.05) is 0 Å². The molecule has 0 saturated heterocycles. The molecule has 1 fully saturated rings. The summed E-state index contributed by atoms with van der Waals surface area (Å²) in [7, 11) is 0. The summed E-state index contributed by atoms with van der Waals surface area (Å²) in [5, 5.41) is 0. The second-order valence-electron chi connectivity index (χ2n) is 5.63. The maximum Gasteiger partial charge on any atom is -0.0381 e. The summed E-state index contributed by atoms with van der Waals surface area (Å²) in [6.07, 6.45) is 8.74. The molecule has 0 amide bonds. The first-order valence-corrected chi connectivity index (χ1v) is 6.67. The predicted octanol–water partition coefficient (Wildman–Crippen LogP) is 4.89. The molecule has 1 rings (SSSR count). The molecule has 0 aliphatic heterocycles. The fraction of sp³-hybridized carbons (Fsp3) is 1.00. The Morgan fingerprint density at radius 3 is 2.36 bits per heavy atom. The van der Waals surface area contributed by atoms with Crippen molar-refractivity contribution in [1.29, 1.82) is 0 Å². The Balaban J connectivity index is 2.40. The van der Waals surface area contributed by atoms with Crippen molar-refractivity contribution in [1.82, 2.24) is 0 Å². The molecule has 0 bridgehead atoms. The van der Waals surface area contributed by atoms with E-state index in [2.05, 4.69) is 27.7 Å². The molecule has 0 heterocycles. The Morgan fingerprint density at radius 1 is 1.14 bits per heavy atom. The minimum atomic E-state index is 0.949. The van der Waals surface area contributed by atoms with Gasteiger partial charge in [0.05, 0.1) is 0 Å². The van der Waals surface area contributed by atoms with Gasteiger partial charge < -0.3 is 0 Å². The standard InChI is InChI=1S/C14H28/c1-5-7-13-9-12(4)10-14(13)8-11(3)6-2/h11-14H,5-10H2,1-4H3. The van der Waals surface area contributed by atoms with Crippen LogP contribution in [0.4, 0.5) is 0 Å². The van der Waals surface area contributed by atoms with Crippen LogP contribution in [0.15, 0.2) is 0 Å². The molecular weight excluding hydrogens is 168 g/mol. The minimum Gasteiger partial charge on any atom is -0.0654 e. The highest BCUT2D eigenvalue weighted by atomic mass is 14.4. The van der Waals surface area contributed by atoms with Gasteiger partial charge in [0.1, 0.15) is 0 Å². The first-order chi connectivity index (χ1) is 6.67. The highest BCUT2D eigenvalue weighted by Crippen LogP contribution is 2.42. The minimum absolute atomic E-state index is 0.949. The van der Waals surface area contributed by atoms with Crippen LogP contribution in [-0.4, -0.2) is 0 Å². The lowest BCUT2D eigenvalue weighted by Crippen LogP contribution is -2.11. The van der Waals surface area contributed by atoms with Gasteiger partial charge in [-0.3, -0.25) is 0 Å². The van der Waals surface area contributed by atoms with Gasteiger partial charge in [-0.15, -0.1) is 0 Å². The van der Waals surface area contributed by atoms with Gasteiger partial charge in [0.25, 0.3) is 0 Å². The molecule has 0 radical (unpaired) electrons. The number of hydrogen-bond donors (Lipinski definition) is 0. The highest BCUT2D eigenvalue weighted by Gasteiger charge is 2.31. The summed E-state index contributed by atoms with van der Waals surface area (Å²) >= 11 is 0. The van der Waals surface area contributed by atoms with E-state index in [1.54, 1.807) is 0 Å². The molecule has 0 N–H and O–H groups in total. The van der Waals surface area contributed by atoms with Gasteiger partial charge in [-0.1, -0.05) is 47.0 Å². The van der Waals surface area contributed by atoms with Crippen LogP contribution in [-0.2, 0) is 0 Å². The third-order valence-electron chi connectivity index (χ3n) is 4.14. The van der Waals surface area contributed by atoms with Crippen LogP contribution in [0, 0.1) is 23.7 Å². The van der Waals surface area contributed by atoms with E-state index in [1.165, 1.54) is 38.5 Å². The Labute approximate surface area is 90.5 Å². The first-order valence-electron chi connectivity index (χ1n) is 6.67. The maximum absolute atomic E-state index is 2.44. The van der Waals surface area contributed by atoms with Crippen molar-refractivity contribution in [2.24, 2.45) is 23.7 Å². The van der Waals surface area contributed by atoms with Crippen molar-refractivity contribution in [3.05, 3.63) is 0 Å². The molecule has 0 aromatic heterocycles. The van der Waals surface area contributed by atoms with Gasteiger partial charge in [0.15, 0.2) is 0 Å². The third kappa shape index (κ3) is 3.29. The molecule has 4 atom stereocenters. The summed E-state index contributed by atoms with van der Waals surface area (Å²) < 4.78 is 0. The van der Waals surface area contributed by atoms with Crippen molar-refractivity contribution >= 4 is 0 Å². The van der Waals surface area contributed by atoms with Crippen LogP contribution in [0.1, 0.15) is 66.2 Å². The van der Waals surface area contributed by atoms with Crippen molar-refractivity contribution in [3.63, 3.8) is 0 Å². The summed E-state index contributed by atoms with van der Waals surface area (Å²) in [6.45, 7) is 9.53. The van der Waals surface area contributed by atoms with E-state index in [1.807, 2.05) is 0 Å². The molecular formula is C14H28. The fourth-order valence-electron chi connectivity index (χ4n) is 3.21. The molecule has 0 spiro atoms. The van der Waals surface area contributed by atoms with Gasteiger partial charge in [-0.2, -0.15) is 0 Å². The second kappa shape index (κ2) is 5.78. The van der Waals surface area contributed by atoms with Crippen LogP contribution >= 0.6 is 0 Å². The van der Waals surface area contributed by atoms with Crippen LogP contribution in [0.25, 0.3) is 0 Å². The van der Waals surface area contributed by atoms with Crippen LogP contribution < -0.4 is 0 Å². The van der Waals surface area contributed by atoms with Gasteiger partial charge in [-0.25, -0.2) is 0 Å². The Kier molecular flexibility index (Phi) is 4.98. The van der Waals surface area contributed by atoms with E-state index < -0.39 is 0 Å². The lowest BCUT2D eigenvalue weighted by molar-refractivity contribution is 0.294. The van der Waals surface area contributed by atoms with E-state index >= 15 is 0 Å². The second-order valence-corrected chi connectivity index (χ2v) is 5.63. The van der Waals surface area contributed by atoms with Crippen molar-refractivity contribution in [2.75, 3.05) is 0 Å². The normalized spacial score (nSPS) is 34.7. The average molecular weight is 196 g/mol. The average Bonchev–Trinajstić information content (AvgIpc) is 2.47. The summed E-state index contributed by atoms with van der Waals surface area (Å²) in [6, 6.07) is 0. The van der Waals surface area contributed by atoms with Crippen LogP contribution in [0.5, 0.6) is 0 Å². The van der Waals surface area contributed by atoms with Gasteiger partial charge >= 0.3 is 0 Å². The van der Waals surface area contributed by atoms with Crippen molar-refractivity contribution in [2.45, 2.75) is 66.2 Å². The molecule has 84 valence electrons. The van der Waals surface area contributed by atoms with E-state index in [0.29, 0.717) is 0 Å². The van der Waals surface area contributed by atoms with Crippen molar-refractivity contribution < 1.29 is 0 Å². The summed E-state index contributed by atoms with van der Waals surface area (Å²) in [4.78, 5) is 0. The molecule has 0 heteroatoms. The maximum atomic E-state index is 2.44. The molecule has 0 aromatic carbocycles. The molecule has 14 heavy (non-hydrogen) atoms. The molecule has 0 aromatic rings.